The monoisotopic (exact) mass is 368 g/mol. The Kier molecular flexibility index (Phi) is 7.90. The Hall–Kier alpha value is -2.58. The number of aryl methyl sites for hydroxylation is 1. The first kappa shape index (κ1) is 20.5. The van der Waals surface area contributed by atoms with Crippen LogP contribution >= 0.6 is 12.4 Å². The van der Waals surface area contributed by atoms with E-state index < -0.39 is 12.0 Å². The van der Waals surface area contributed by atoms with E-state index >= 15 is 0 Å². The summed E-state index contributed by atoms with van der Waals surface area (Å²) < 4.78 is 11.4. The van der Waals surface area contributed by atoms with Gasteiger partial charge in [-0.05, 0) is 19.2 Å². The van der Waals surface area contributed by atoms with Gasteiger partial charge in [-0.3, -0.25) is 9.48 Å². The van der Waals surface area contributed by atoms with Crippen molar-refractivity contribution in [3.05, 3.63) is 42.2 Å². The number of benzene rings is 1. The molecule has 25 heavy (non-hydrogen) atoms. The number of ether oxygens (including phenoxy) is 2. The fraction of sp³-hybridized carbons (Fsp3) is 0.312. The van der Waals surface area contributed by atoms with Crippen LogP contribution in [0.2, 0.25) is 0 Å². The quantitative estimate of drug-likeness (QED) is 0.715. The second-order valence-corrected chi connectivity index (χ2v) is 5.05. The van der Waals surface area contributed by atoms with E-state index in [0.29, 0.717) is 11.4 Å². The van der Waals surface area contributed by atoms with E-state index in [4.69, 9.17) is 4.74 Å². The highest BCUT2D eigenvalue weighted by molar-refractivity contribution is 5.95. The number of nitrogens with one attached hydrogen (secondary N) is 2. The number of carbonyl (C=O) groups excluding carboxylic acids is 2. The summed E-state index contributed by atoms with van der Waals surface area (Å²) in [6, 6.07) is 6.25. The maximum Gasteiger partial charge on any atom is 0.343 e. The molecular formula is C16H21ClN4O4. The van der Waals surface area contributed by atoms with E-state index in [9.17, 15) is 9.59 Å². The summed E-state index contributed by atoms with van der Waals surface area (Å²) in [5, 5.41) is 9.84. The second kappa shape index (κ2) is 9.65. The van der Waals surface area contributed by atoms with Gasteiger partial charge >= 0.3 is 5.97 Å². The van der Waals surface area contributed by atoms with Gasteiger partial charge in [-0.2, -0.15) is 5.10 Å². The maximum atomic E-state index is 12.5. The van der Waals surface area contributed by atoms with Crippen LogP contribution in [0.4, 0.5) is 5.69 Å². The lowest BCUT2D eigenvalue weighted by Crippen LogP contribution is -2.30. The molecule has 0 fully saturated rings. The van der Waals surface area contributed by atoms with Crippen molar-refractivity contribution in [2.75, 3.05) is 26.1 Å². The SMILES string of the molecule is CNC(C(=O)Nc1cccc(OCC(=O)OC)c1)c1cnn(C)c1.Cl. The van der Waals surface area contributed by atoms with Gasteiger partial charge in [0.05, 0.1) is 13.3 Å². The molecule has 136 valence electrons. The third kappa shape index (κ3) is 5.77. The summed E-state index contributed by atoms with van der Waals surface area (Å²) in [5.74, 6) is -0.243. The first-order chi connectivity index (χ1) is 11.5. The summed E-state index contributed by atoms with van der Waals surface area (Å²) in [7, 11) is 4.78. The summed E-state index contributed by atoms with van der Waals surface area (Å²) in [6.07, 6.45) is 3.41. The van der Waals surface area contributed by atoms with Gasteiger partial charge in [0.25, 0.3) is 0 Å². The Bertz CT molecular complexity index is 720. The number of esters is 1. The molecule has 1 heterocycles. The number of likely N-dealkylation sites (N-methyl/N-ethyl adjacent to an activating group) is 1. The Morgan fingerprint density at radius 2 is 2.12 bits per heavy atom. The topological polar surface area (TPSA) is 94.5 Å². The molecule has 0 saturated heterocycles. The Morgan fingerprint density at radius 1 is 1.36 bits per heavy atom. The number of halogens is 1. The van der Waals surface area contributed by atoms with Crippen LogP contribution in [-0.4, -0.2) is 42.4 Å². The van der Waals surface area contributed by atoms with Crippen molar-refractivity contribution < 1.29 is 19.1 Å². The lowest BCUT2D eigenvalue weighted by Gasteiger charge is -2.15. The zero-order chi connectivity index (χ0) is 17.5. The van der Waals surface area contributed by atoms with Crippen molar-refractivity contribution in [3.8, 4) is 5.75 Å². The van der Waals surface area contributed by atoms with Gasteiger partial charge in [-0.1, -0.05) is 6.07 Å². The zero-order valence-corrected chi connectivity index (χ0v) is 15.0. The molecule has 1 atom stereocenters. The van der Waals surface area contributed by atoms with Gasteiger partial charge in [-0.25, -0.2) is 4.79 Å². The average Bonchev–Trinajstić information content (AvgIpc) is 2.99. The first-order valence-corrected chi connectivity index (χ1v) is 7.30. The predicted octanol–water partition coefficient (Wildman–Crippen LogP) is 1.29. The van der Waals surface area contributed by atoms with Gasteiger partial charge in [0.2, 0.25) is 5.91 Å². The molecule has 1 aromatic heterocycles. The fourth-order valence-corrected chi connectivity index (χ4v) is 2.12. The largest absolute Gasteiger partial charge is 0.482 e. The van der Waals surface area contributed by atoms with E-state index in [1.165, 1.54) is 7.11 Å². The number of methoxy groups -OCH3 is 1. The summed E-state index contributed by atoms with van der Waals surface area (Å²) in [6.45, 7) is -0.192. The smallest absolute Gasteiger partial charge is 0.343 e. The van der Waals surface area contributed by atoms with Crippen molar-refractivity contribution in [1.29, 1.82) is 0 Å². The number of rotatable bonds is 7. The maximum absolute atomic E-state index is 12.5. The van der Waals surface area contributed by atoms with E-state index in [2.05, 4.69) is 20.5 Å². The van der Waals surface area contributed by atoms with Crippen LogP contribution in [0.15, 0.2) is 36.7 Å². The van der Waals surface area contributed by atoms with Gasteiger partial charge < -0.3 is 20.1 Å². The number of nitrogens with zero attached hydrogens (tertiary/aromatic N) is 2. The third-order valence-corrected chi connectivity index (χ3v) is 3.29. The second-order valence-electron chi connectivity index (χ2n) is 5.05. The fourth-order valence-electron chi connectivity index (χ4n) is 2.12. The van der Waals surface area contributed by atoms with Crippen molar-refractivity contribution in [1.82, 2.24) is 15.1 Å². The molecule has 2 aromatic rings. The van der Waals surface area contributed by atoms with Crippen molar-refractivity contribution in [3.63, 3.8) is 0 Å². The van der Waals surface area contributed by atoms with Crippen LogP contribution in [0.3, 0.4) is 0 Å². The Balaban J connectivity index is 0.00000312. The number of anilines is 1. The van der Waals surface area contributed by atoms with E-state index in [0.717, 1.165) is 5.56 Å². The van der Waals surface area contributed by atoms with E-state index in [1.54, 1.807) is 55.4 Å². The molecule has 0 aliphatic heterocycles. The van der Waals surface area contributed by atoms with Crippen LogP contribution < -0.4 is 15.4 Å². The van der Waals surface area contributed by atoms with Crippen LogP contribution in [-0.2, 0) is 21.4 Å². The average molecular weight is 369 g/mol. The molecule has 1 unspecified atom stereocenters. The van der Waals surface area contributed by atoms with Crippen LogP contribution in [0.1, 0.15) is 11.6 Å². The first-order valence-electron chi connectivity index (χ1n) is 7.30. The van der Waals surface area contributed by atoms with E-state index in [1.807, 2.05) is 0 Å². The van der Waals surface area contributed by atoms with Crippen LogP contribution in [0, 0.1) is 0 Å². The third-order valence-electron chi connectivity index (χ3n) is 3.29. The van der Waals surface area contributed by atoms with Crippen molar-refractivity contribution in [2.24, 2.45) is 7.05 Å². The Morgan fingerprint density at radius 3 is 2.72 bits per heavy atom. The molecule has 0 spiro atoms. The summed E-state index contributed by atoms with van der Waals surface area (Å²) in [4.78, 5) is 23.6. The highest BCUT2D eigenvalue weighted by atomic mass is 35.5. The van der Waals surface area contributed by atoms with E-state index in [-0.39, 0.29) is 24.9 Å². The molecule has 2 rings (SSSR count). The van der Waals surface area contributed by atoms with Crippen molar-refractivity contribution in [2.45, 2.75) is 6.04 Å². The highest BCUT2D eigenvalue weighted by Gasteiger charge is 2.20. The minimum Gasteiger partial charge on any atom is -0.482 e. The minimum atomic E-state index is -0.529. The number of hydrogen-bond donors (Lipinski definition) is 2. The van der Waals surface area contributed by atoms with Gasteiger partial charge in [0.15, 0.2) is 6.61 Å². The molecule has 0 radical (unpaired) electrons. The molecule has 9 heteroatoms. The van der Waals surface area contributed by atoms with Crippen LogP contribution in [0.5, 0.6) is 5.75 Å². The Labute approximate surface area is 151 Å². The zero-order valence-electron chi connectivity index (χ0n) is 14.2. The molecule has 0 aliphatic carbocycles. The number of hydrogen-bond acceptors (Lipinski definition) is 6. The number of carbonyl (C=O) groups is 2. The minimum absolute atomic E-state index is 0. The highest BCUT2D eigenvalue weighted by Crippen LogP contribution is 2.20. The van der Waals surface area contributed by atoms with Gasteiger partial charge in [-0.15, -0.1) is 12.4 Å². The molecule has 0 aliphatic rings. The molecule has 1 amide bonds. The molecular weight excluding hydrogens is 348 g/mol. The predicted molar refractivity (Wildman–Crippen MR) is 94.8 cm³/mol. The molecule has 2 N–H and O–H groups in total. The van der Waals surface area contributed by atoms with Crippen LogP contribution in [0.25, 0.3) is 0 Å². The lowest BCUT2D eigenvalue weighted by molar-refractivity contribution is -0.142. The number of aromatic nitrogens is 2. The molecule has 0 bridgehead atoms. The van der Waals surface area contributed by atoms with Crippen molar-refractivity contribution >= 4 is 30.0 Å². The summed E-state index contributed by atoms with van der Waals surface area (Å²) in [5.41, 5.74) is 1.32. The standard InChI is InChI=1S/C16H20N4O4.ClH/c1-17-15(11-8-18-20(2)9-11)16(22)19-12-5-4-6-13(7-12)24-10-14(21)23-3;/h4-9,15,17H,10H2,1-3H3,(H,19,22);1H. The van der Waals surface area contributed by atoms with Gasteiger partial charge in [0.1, 0.15) is 11.8 Å². The molecule has 0 saturated carbocycles. The molecule has 1 aromatic carbocycles. The summed E-state index contributed by atoms with van der Waals surface area (Å²) >= 11 is 0. The van der Waals surface area contributed by atoms with Gasteiger partial charge in [0, 0.05) is 30.6 Å². The normalized spacial score (nSPS) is 11.2. The number of amides is 1. The molecule has 8 nitrogen and oxygen atoms in total. The lowest BCUT2D eigenvalue weighted by atomic mass is 10.1.